The van der Waals surface area contributed by atoms with Gasteiger partial charge in [0.25, 0.3) is 6.04 Å². The largest absolute Gasteiger partial charge is 0.292 e. The molecule has 1 heterocycles. The summed E-state index contributed by atoms with van der Waals surface area (Å²) in [6.07, 6.45) is 3.43. The standard InChI is InChI=1S/C10H12NO2/c1-8(12)10(9(2)13)11-6-4-3-5-7-11/h3-7,10H,1-2H3/q+1. The number of hydrogen-bond acceptors (Lipinski definition) is 2. The number of nitrogens with zero attached hydrogens (tertiary/aromatic N) is 1. The van der Waals surface area contributed by atoms with Crippen LogP contribution in [-0.4, -0.2) is 11.6 Å². The van der Waals surface area contributed by atoms with E-state index in [4.69, 9.17) is 0 Å². The molecule has 1 aromatic rings. The first-order valence-electron chi connectivity index (χ1n) is 4.09. The summed E-state index contributed by atoms with van der Waals surface area (Å²) in [5.41, 5.74) is 0. The van der Waals surface area contributed by atoms with Gasteiger partial charge in [-0.05, 0) is 0 Å². The lowest BCUT2D eigenvalue weighted by Gasteiger charge is -2.03. The molecule has 3 heteroatoms. The Balaban J connectivity index is 3.03. The van der Waals surface area contributed by atoms with Crippen LogP contribution >= 0.6 is 0 Å². The summed E-state index contributed by atoms with van der Waals surface area (Å²) in [7, 11) is 0. The maximum atomic E-state index is 11.1. The van der Waals surface area contributed by atoms with Crippen molar-refractivity contribution in [3.63, 3.8) is 0 Å². The van der Waals surface area contributed by atoms with Crippen molar-refractivity contribution < 1.29 is 14.2 Å². The van der Waals surface area contributed by atoms with Gasteiger partial charge >= 0.3 is 0 Å². The minimum Gasteiger partial charge on any atom is -0.292 e. The van der Waals surface area contributed by atoms with Crippen molar-refractivity contribution in [3.8, 4) is 0 Å². The monoisotopic (exact) mass is 178 g/mol. The van der Waals surface area contributed by atoms with Gasteiger partial charge in [0.05, 0.1) is 0 Å². The van der Waals surface area contributed by atoms with Gasteiger partial charge in [0.15, 0.2) is 12.4 Å². The van der Waals surface area contributed by atoms with Gasteiger partial charge in [-0.15, -0.1) is 0 Å². The molecule has 68 valence electrons. The van der Waals surface area contributed by atoms with E-state index in [0.29, 0.717) is 0 Å². The van der Waals surface area contributed by atoms with Crippen LogP contribution in [0.5, 0.6) is 0 Å². The zero-order chi connectivity index (χ0) is 9.84. The highest BCUT2D eigenvalue weighted by Gasteiger charge is 2.28. The lowest BCUT2D eigenvalue weighted by molar-refractivity contribution is -0.695. The number of pyridine rings is 1. The van der Waals surface area contributed by atoms with Crippen LogP contribution in [0.4, 0.5) is 0 Å². The zero-order valence-corrected chi connectivity index (χ0v) is 7.73. The van der Waals surface area contributed by atoms with E-state index in [1.807, 2.05) is 6.07 Å². The Bertz CT molecular complexity index is 305. The predicted octanol–water partition coefficient (Wildman–Crippen LogP) is 0.693. The van der Waals surface area contributed by atoms with Gasteiger partial charge in [-0.25, -0.2) is 0 Å². The molecule has 1 aromatic heterocycles. The summed E-state index contributed by atoms with van der Waals surface area (Å²) in [6.45, 7) is 2.85. The predicted molar refractivity (Wildman–Crippen MR) is 47.0 cm³/mol. The summed E-state index contributed by atoms with van der Waals surface area (Å²) in [6, 6.07) is 4.76. The minimum absolute atomic E-state index is 0.135. The molecule has 1 rings (SSSR count). The molecule has 0 radical (unpaired) electrons. The van der Waals surface area contributed by atoms with Crippen molar-refractivity contribution in [2.75, 3.05) is 0 Å². The molecule has 0 amide bonds. The van der Waals surface area contributed by atoms with Gasteiger partial charge in [-0.1, -0.05) is 6.07 Å². The van der Waals surface area contributed by atoms with E-state index < -0.39 is 6.04 Å². The minimum atomic E-state index is -0.666. The number of carbonyl (C=O) groups excluding carboxylic acids is 2. The van der Waals surface area contributed by atoms with E-state index in [1.54, 1.807) is 29.1 Å². The van der Waals surface area contributed by atoms with Crippen LogP contribution in [0, 0.1) is 0 Å². The zero-order valence-electron chi connectivity index (χ0n) is 7.73. The lowest BCUT2D eigenvalue weighted by Crippen LogP contribution is -2.46. The van der Waals surface area contributed by atoms with Gasteiger partial charge in [0.2, 0.25) is 11.6 Å². The normalized spacial score (nSPS) is 10.1. The molecule has 0 spiro atoms. The van der Waals surface area contributed by atoms with Crippen molar-refractivity contribution in [2.45, 2.75) is 19.9 Å². The number of carbonyl (C=O) groups is 2. The Hall–Kier alpha value is -1.51. The van der Waals surface area contributed by atoms with Crippen molar-refractivity contribution in [1.82, 2.24) is 0 Å². The van der Waals surface area contributed by atoms with Crippen LogP contribution < -0.4 is 4.57 Å². The summed E-state index contributed by atoms with van der Waals surface area (Å²) in [5, 5.41) is 0. The smallest absolute Gasteiger partial charge is 0.273 e. The molecule has 0 saturated heterocycles. The van der Waals surface area contributed by atoms with Gasteiger partial charge in [-0.2, -0.15) is 4.57 Å². The first-order chi connectivity index (χ1) is 6.13. The fraction of sp³-hybridized carbons (Fsp3) is 0.300. The highest BCUT2D eigenvalue weighted by atomic mass is 16.2. The molecule has 0 aliphatic rings. The van der Waals surface area contributed by atoms with Crippen LogP contribution in [0.25, 0.3) is 0 Å². The summed E-state index contributed by atoms with van der Waals surface area (Å²) in [5.74, 6) is -0.271. The van der Waals surface area contributed by atoms with Gasteiger partial charge in [0, 0.05) is 26.0 Å². The molecule has 3 nitrogen and oxygen atoms in total. The van der Waals surface area contributed by atoms with Crippen LogP contribution in [0.15, 0.2) is 30.6 Å². The Kier molecular flexibility index (Phi) is 2.90. The Labute approximate surface area is 77.0 Å². The van der Waals surface area contributed by atoms with Crippen LogP contribution in [0.3, 0.4) is 0 Å². The third-order valence-corrected chi connectivity index (χ3v) is 1.81. The van der Waals surface area contributed by atoms with E-state index in [2.05, 4.69) is 0 Å². The average molecular weight is 178 g/mol. The topological polar surface area (TPSA) is 38.0 Å². The highest BCUT2D eigenvalue weighted by Crippen LogP contribution is 1.98. The maximum absolute atomic E-state index is 11.1. The number of ketones is 2. The number of aromatic nitrogens is 1. The first kappa shape index (κ1) is 9.58. The molecule has 0 atom stereocenters. The lowest BCUT2D eigenvalue weighted by atomic mass is 10.1. The molecule has 0 aliphatic heterocycles. The first-order valence-corrected chi connectivity index (χ1v) is 4.09. The fourth-order valence-electron chi connectivity index (χ4n) is 1.29. The average Bonchev–Trinajstić information content (AvgIpc) is 2.04. The third kappa shape index (κ3) is 2.21. The fourth-order valence-corrected chi connectivity index (χ4v) is 1.29. The molecular formula is C10H12NO2+. The molecule has 0 bridgehead atoms. The van der Waals surface area contributed by atoms with Crippen LogP contribution in [0.1, 0.15) is 19.9 Å². The van der Waals surface area contributed by atoms with Crippen LogP contribution in [0.2, 0.25) is 0 Å². The Morgan fingerprint density at radius 1 is 1.00 bits per heavy atom. The van der Waals surface area contributed by atoms with Gasteiger partial charge < -0.3 is 0 Å². The quantitative estimate of drug-likeness (QED) is 0.504. The number of hydrogen-bond donors (Lipinski definition) is 0. The SMILES string of the molecule is CC(=O)C(C(C)=O)[n+]1ccccc1. The third-order valence-electron chi connectivity index (χ3n) is 1.81. The number of rotatable bonds is 3. The van der Waals surface area contributed by atoms with Crippen molar-refractivity contribution >= 4 is 11.6 Å². The van der Waals surface area contributed by atoms with Gasteiger partial charge in [0.1, 0.15) is 0 Å². The molecule has 0 N–H and O–H groups in total. The number of Topliss-reactive ketones (excluding diaryl/α,β-unsaturated/α-hetero) is 2. The van der Waals surface area contributed by atoms with Crippen molar-refractivity contribution in [3.05, 3.63) is 30.6 Å². The summed E-state index contributed by atoms with van der Waals surface area (Å²) in [4.78, 5) is 22.3. The highest BCUT2D eigenvalue weighted by molar-refractivity contribution is 6.00. The summed E-state index contributed by atoms with van der Waals surface area (Å²) < 4.78 is 1.62. The molecule has 0 aliphatic carbocycles. The maximum Gasteiger partial charge on any atom is 0.273 e. The molecule has 0 unspecified atom stereocenters. The Morgan fingerprint density at radius 3 is 1.85 bits per heavy atom. The molecule has 0 fully saturated rings. The summed E-state index contributed by atoms with van der Waals surface area (Å²) >= 11 is 0. The van der Waals surface area contributed by atoms with E-state index in [9.17, 15) is 9.59 Å². The van der Waals surface area contributed by atoms with E-state index in [1.165, 1.54) is 13.8 Å². The van der Waals surface area contributed by atoms with E-state index >= 15 is 0 Å². The second-order valence-corrected chi connectivity index (χ2v) is 2.95. The van der Waals surface area contributed by atoms with Gasteiger partial charge in [-0.3, -0.25) is 9.59 Å². The molecule has 0 aromatic carbocycles. The Morgan fingerprint density at radius 2 is 1.46 bits per heavy atom. The van der Waals surface area contributed by atoms with E-state index in [-0.39, 0.29) is 11.6 Å². The van der Waals surface area contributed by atoms with Crippen LogP contribution in [-0.2, 0) is 9.59 Å². The van der Waals surface area contributed by atoms with E-state index in [0.717, 1.165) is 0 Å². The van der Waals surface area contributed by atoms with Crippen molar-refractivity contribution in [1.29, 1.82) is 0 Å². The second-order valence-electron chi connectivity index (χ2n) is 2.95. The molecule has 0 saturated carbocycles. The second kappa shape index (κ2) is 3.94. The molecular weight excluding hydrogens is 166 g/mol. The molecule has 13 heavy (non-hydrogen) atoms. The van der Waals surface area contributed by atoms with Crippen molar-refractivity contribution in [2.24, 2.45) is 0 Å².